The van der Waals surface area contributed by atoms with Gasteiger partial charge in [0.25, 0.3) is 0 Å². The molecule has 3 aromatic heterocycles. The van der Waals surface area contributed by atoms with E-state index in [1.807, 2.05) is 24.8 Å². The molecular weight excluding hydrogens is 358 g/mol. The van der Waals surface area contributed by atoms with Crippen molar-refractivity contribution in [2.45, 2.75) is 12.6 Å². The first-order chi connectivity index (χ1) is 14.3. The summed E-state index contributed by atoms with van der Waals surface area (Å²) in [6.07, 6.45) is 7.87. The molecule has 0 unspecified atom stereocenters. The summed E-state index contributed by atoms with van der Waals surface area (Å²) in [7, 11) is 2.21. The standard InChI is InChI=1S/C24H25N5/c1-27-13-14-28(15-19-9-11-25-12-10-19)17-23(27)24-22-8-7-21(16-29(22)18-26-24)20-5-3-2-4-6-20/h2-12,16,18,23H,13-15,17H2,1H3/t23-/m1/s1. The van der Waals surface area contributed by atoms with E-state index in [1.165, 1.54) is 22.2 Å². The van der Waals surface area contributed by atoms with Crippen LogP contribution in [0.5, 0.6) is 0 Å². The van der Waals surface area contributed by atoms with E-state index in [0.717, 1.165) is 31.9 Å². The quantitative estimate of drug-likeness (QED) is 0.536. The van der Waals surface area contributed by atoms with Crippen LogP contribution in [0.2, 0.25) is 0 Å². The monoisotopic (exact) mass is 383 g/mol. The topological polar surface area (TPSA) is 36.7 Å². The van der Waals surface area contributed by atoms with E-state index in [1.54, 1.807) is 0 Å². The first kappa shape index (κ1) is 18.0. The maximum Gasteiger partial charge on any atom is 0.0996 e. The summed E-state index contributed by atoms with van der Waals surface area (Å²) >= 11 is 0. The highest BCUT2D eigenvalue weighted by Crippen LogP contribution is 2.29. The van der Waals surface area contributed by atoms with Crippen molar-refractivity contribution in [3.63, 3.8) is 0 Å². The highest BCUT2D eigenvalue weighted by molar-refractivity contribution is 5.66. The van der Waals surface area contributed by atoms with Gasteiger partial charge in [0, 0.05) is 44.8 Å². The summed E-state index contributed by atoms with van der Waals surface area (Å²) in [5.74, 6) is 0. The number of benzene rings is 1. The highest BCUT2D eigenvalue weighted by Gasteiger charge is 2.28. The van der Waals surface area contributed by atoms with Crippen LogP contribution >= 0.6 is 0 Å². The van der Waals surface area contributed by atoms with Crippen LogP contribution in [0.4, 0.5) is 0 Å². The number of imidazole rings is 1. The summed E-state index contributed by atoms with van der Waals surface area (Å²) in [6, 6.07) is 19.4. The predicted molar refractivity (Wildman–Crippen MR) is 116 cm³/mol. The van der Waals surface area contributed by atoms with E-state index < -0.39 is 0 Å². The predicted octanol–water partition coefficient (Wildman–Crippen LogP) is 3.89. The first-order valence-corrected chi connectivity index (χ1v) is 10.1. The van der Waals surface area contributed by atoms with Crippen LogP contribution in [0.3, 0.4) is 0 Å². The van der Waals surface area contributed by atoms with E-state index >= 15 is 0 Å². The second kappa shape index (κ2) is 7.78. The summed E-state index contributed by atoms with van der Waals surface area (Å²) in [6.45, 7) is 4.04. The summed E-state index contributed by atoms with van der Waals surface area (Å²) < 4.78 is 2.16. The summed E-state index contributed by atoms with van der Waals surface area (Å²) in [5, 5.41) is 0. The Hall–Kier alpha value is -3.02. The Bertz CT molecular complexity index is 1090. The number of hydrogen-bond donors (Lipinski definition) is 0. The molecule has 5 rings (SSSR count). The number of aromatic nitrogens is 3. The van der Waals surface area contributed by atoms with Crippen LogP contribution in [0.1, 0.15) is 17.3 Å². The minimum absolute atomic E-state index is 0.290. The molecule has 0 bridgehead atoms. The Balaban J connectivity index is 1.41. The third-order valence-electron chi connectivity index (χ3n) is 5.87. The summed E-state index contributed by atoms with van der Waals surface area (Å²) in [4.78, 5) is 13.9. The highest BCUT2D eigenvalue weighted by atomic mass is 15.3. The smallest absolute Gasteiger partial charge is 0.0996 e. The van der Waals surface area contributed by atoms with Gasteiger partial charge in [-0.15, -0.1) is 0 Å². The Labute approximate surface area is 171 Å². The molecule has 0 radical (unpaired) electrons. The third kappa shape index (κ3) is 3.67. The Kier molecular flexibility index (Phi) is 4.84. The van der Waals surface area contributed by atoms with Crippen molar-refractivity contribution in [1.29, 1.82) is 0 Å². The van der Waals surface area contributed by atoms with E-state index in [-0.39, 0.29) is 6.04 Å². The molecule has 4 aromatic rings. The van der Waals surface area contributed by atoms with E-state index in [4.69, 9.17) is 4.98 Å². The van der Waals surface area contributed by atoms with Gasteiger partial charge in [-0.2, -0.15) is 0 Å². The van der Waals surface area contributed by atoms with Crippen molar-refractivity contribution in [2.75, 3.05) is 26.7 Å². The van der Waals surface area contributed by atoms with Crippen molar-refractivity contribution in [2.24, 2.45) is 0 Å². The molecule has 4 heterocycles. The van der Waals surface area contributed by atoms with Crippen molar-refractivity contribution in [3.05, 3.63) is 90.8 Å². The molecule has 0 saturated carbocycles. The van der Waals surface area contributed by atoms with Gasteiger partial charge in [0.2, 0.25) is 0 Å². The lowest BCUT2D eigenvalue weighted by Gasteiger charge is -2.39. The fourth-order valence-electron chi connectivity index (χ4n) is 4.19. The van der Waals surface area contributed by atoms with Gasteiger partial charge < -0.3 is 4.40 Å². The van der Waals surface area contributed by atoms with Gasteiger partial charge in [-0.1, -0.05) is 36.4 Å². The molecule has 0 N–H and O–H groups in total. The molecule has 146 valence electrons. The second-order valence-corrected chi connectivity index (χ2v) is 7.79. The van der Waals surface area contributed by atoms with E-state index in [2.05, 4.69) is 81.0 Å². The maximum absolute atomic E-state index is 4.83. The van der Waals surface area contributed by atoms with Crippen molar-refractivity contribution in [3.8, 4) is 11.1 Å². The number of pyridine rings is 2. The lowest BCUT2D eigenvalue weighted by molar-refractivity contribution is 0.0892. The zero-order chi connectivity index (χ0) is 19.6. The molecule has 1 aliphatic heterocycles. The number of rotatable bonds is 4. The minimum Gasteiger partial charge on any atom is -0.305 e. The second-order valence-electron chi connectivity index (χ2n) is 7.79. The number of nitrogens with zero attached hydrogens (tertiary/aromatic N) is 5. The maximum atomic E-state index is 4.83. The number of fused-ring (bicyclic) bond motifs is 1. The lowest BCUT2D eigenvalue weighted by atomic mass is 10.1. The fourth-order valence-corrected chi connectivity index (χ4v) is 4.19. The molecule has 5 nitrogen and oxygen atoms in total. The molecule has 1 aromatic carbocycles. The fraction of sp³-hybridized carbons (Fsp3) is 0.250. The Morgan fingerprint density at radius 1 is 0.931 bits per heavy atom. The SMILES string of the molecule is CN1CCN(Cc2ccncc2)C[C@@H]1c1ncn2cc(-c3ccccc3)ccc12. The van der Waals surface area contributed by atoms with Gasteiger partial charge in [0.1, 0.15) is 0 Å². The summed E-state index contributed by atoms with van der Waals surface area (Å²) in [5.41, 5.74) is 6.09. The van der Waals surface area contributed by atoms with Gasteiger partial charge in [-0.3, -0.25) is 14.8 Å². The number of piperazine rings is 1. The van der Waals surface area contributed by atoms with Gasteiger partial charge in [0.15, 0.2) is 0 Å². The molecule has 1 fully saturated rings. The van der Waals surface area contributed by atoms with E-state index in [9.17, 15) is 0 Å². The molecule has 1 atom stereocenters. The molecule has 1 aliphatic rings. The molecule has 1 saturated heterocycles. The normalized spacial score (nSPS) is 18.3. The van der Waals surface area contributed by atoms with Crippen LogP contribution in [-0.2, 0) is 6.54 Å². The van der Waals surface area contributed by atoms with Gasteiger partial charge in [-0.05, 0) is 41.9 Å². The van der Waals surface area contributed by atoms with Gasteiger partial charge in [-0.25, -0.2) is 4.98 Å². The molecule has 0 spiro atoms. The van der Waals surface area contributed by atoms with Crippen LogP contribution in [-0.4, -0.2) is 50.9 Å². The number of hydrogen-bond acceptors (Lipinski definition) is 4. The molecule has 5 heteroatoms. The average molecular weight is 383 g/mol. The van der Waals surface area contributed by atoms with Crippen LogP contribution in [0.25, 0.3) is 16.6 Å². The minimum atomic E-state index is 0.290. The van der Waals surface area contributed by atoms with Crippen molar-refractivity contribution in [1.82, 2.24) is 24.2 Å². The van der Waals surface area contributed by atoms with Crippen LogP contribution in [0, 0.1) is 0 Å². The van der Waals surface area contributed by atoms with Crippen LogP contribution < -0.4 is 0 Å². The first-order valence-electron chi connectivity index (χ1n) is 10.1. The molecule has 29 heavy (non-hydrogen) atoms. The zero-order valence-corrected chi connectivity index (χ0v) is 16.6. The van der Waals surface area contributed by atoms with Crippen molar-refractivity contribution >= 4 is 5.52 Å². The van der Waals surface area contributed by atoms with Crippen molar-refractivity contribution < 1.29 is 0 Å². The zero-order valence-electron chi connectivity index (χ0n) is 16.6. The Morgan fingerprint density at radius 2 is 1.76 bits per heavy atom. The van der Waals surface area contributed by atoms with E-state index in [0.29, 0.717) is 0 Å². The lowest BCUT2D eigenvalue weighted by Crippen LogP contribution is -2.46. The van der Waals surface area contributed by atoms with Gasteiger partial charge >= 0.3 is 0 Å². The average Bonchev–Trinajstić information content (AvgIpc) is 3.19. The molecular formula is C24H25N5. The van der Waals surface area contributed by atoms with Gasteiger partial charge in [0.05, 0.1) is 23.6 Å². The number of likely N-dealkylation sites (N-methyl/N-ethyl adjacent to an activating group) is 1. The Morgan fingerprint density at radius 3 is 2.59 bits per heavy atom. The molecule has 0 aliphatic carbocycles. The third-order valence-corrected chi connectivity index (χ3v) is 5.87. The van der Waals surface area contributed by atoms with Crippen LogP contribution in [0.15, 0.2) is 79.5 Å². The largest absolute Gasteiger partial charge is 0.305 e. The molecule has 0 amide bonds.